The van der Waals surface area contributed by atoms with Crippen LogP contribution in [0.1, 0.15) is 44.9 Å². The minimum absolute atomic E-state index is 0.0153. The molecule has 3 rings (SSSR count). The average Bonchev–Trinajstić information content (AvgIpc) is 3.20. The lowest BCUT2D eigenvalue weighted by Gasteiger charge is -2.50. The van der Waals surface area contributed by atoms with Crippen LogP contribution in [0.15, 0.2) is 11.7 Å². The molecule has 2 unspecified atom stereocenters. The fourth-order valence-electron chi connectivity index (χ4n) is 3.06. The van der Waals surface area contributed by atoms with Crippen molar-refractivity contribution in [2.45, 2.75) is 57.7 Å². The van der Waals surface area contributed by atoms with Crippen molar-refractivity contribution in [3.63, 3.8) is 0 Å². The number of amides is 2. The van der Waals surface area contributed by atoms with E-state index in [-0.39, 0.29) is 17.7 Å². The van der Waals surface area contributed by atoms with Crippen molar-refractivity contribution in [2.24, 2.45) is 5.92 Å². The molecule has 1 N–H and O–H groups in total. The van der Waals surface area contributed by atoms with E-state index >= 15 is 0 Å². The van der Waals surface area contributed by atoms with Crippen molar-refractivity contribution >= 4 is 23.2 Å². The Labute approximate surface area is 128 Å². The summed E-state index contributed by atoms with van der Waals surface area (Å²) >= 11 is 1.52. The van der Waals surface area contributed by atoms with E-state index in [2.05, 4.69) is 10.3 Å². The number of carbonyl (C=O) groups excluding carboxylic acids is 2. The second kappa shape index (κ2) is 4.80. The van der Waals surface area contributed by atoms with Gasteiger partial charge in [-0.25, -0.2) is 0 Å². The third-order valence-electron chi connectivity index (χ3n) is 5.00. The highest BCUT2D eigenvalue weighted by atomic mass is 32.1. The summed E-state index contributed by atoms with van der Waals surface area (Å²) in [6, 6.07) is 0. The van der Waals surface area contributed by atoms with E-state index < -0.39 is 11.1 Å². The Morgan fingerprint density at radius 1 is 1.43 bits per heavy atom. The summed E-state index contributed by atoms with van der Waals surface area (Å²) in [6.07, 6.45) is 4.40. The second-order valence-corrected chi connectivity index (χ2v) is 7.39. The van der Waals surface area contributed by atoms with Gasteiger partial charge in [0.1, 0.15) is 11.1 Å². The number of hydrogen-bond donors (Lipinski definition) is 1. The Hall–Kier alpha value is -1.43. The molecular formula is C15H21N3O2S. The Morgan fingerprint density at radius 3 is 2.67 bits per heavy atom. The standard InChI is InChI=1S/C15H21N3O2S/c1-4-14(2)13(20)18(8-11-7-16-9-21-11)15(3,10-5-6-10)12(19)17-14/h7,9-10H,4-6,8H2,1-3H3,(H,17,19). The van der Waals surface area contributed by atoms with Gasteiger partial charge in [0.15, 0.2) is 0 Å². The van der Waals surface area contributed by atoms with Gasteiger partial charge in [-0.05, 0) is 39.0 Å². The van der Waals surface area contributed by atoms with Gasteiger partial charge in [-0.1, -0.05) is 6.92 Å². The molecule has 1 aromatic heterocycles. The molecule has 1 aliphatic heterocycles. The smallest absolute Gasteiger partial charge is 0.249 e. The zero-order valence-corrected chi connectivity index (χ0v) is 13.5. The van der Waals surface area contributed by atoms with Crippen LogP contribution < -0.4 is 5.32 Å². The minimum Gasteiger partial charge on any atom is -0.340 e. The van der Waals surface area contributed by atoms with Crippen LogP contribution in [0.25, 0.3) is 0 Å². The van der Waals surface area contributed by atoms with Crippen LogP contribution in [0.3, 0.4) is 0 Å². The van der Waals surface area contributed by atoms with Crippen molar-refractivity contribution in [1.82, 2.24) is 15.2 Å². The van der Waals surface area contributed by atoms with Crippen LogP contribution in [0.5, 0.6) is 0 Å². The molecule has 5 nitrogen and oxygen atoms in total. The Morgan fingerprint density at radius 2 is 2.14 bits per heavy atom. The quantitative estimate of drug-likeness (QED) is 0.924. The van der Waals surface area contributed by atoms with Gasteiger partial charge in [0.25, 0.3) is 0 Å². The predicted octanol–water partition coefficient (Wildman–Crippen LogP) is 1.94. The van der Waals surface area contributed by atoms with Gasteiger partial charge in [-0.2, -0.15) is 0 Å². The topological polar surface area (TPSA) is 62.3 Å². The molecular weight excluding hydrogens is 286 g/mol. The van der Waals surface area contributed by atoms with E-state index in [1.807, 2.05) is 20.8 Å². The Kier molecular flexibility index (Phi) is 3.31. The van der Waals surface area contributed by atoms with E-state index in [0.29, 0.717) is 13.0 Å². The SMILES string of the molecule is CCC1(C)NC(=O)C(C)(C2CC2)N(Cc2cncs2)C1=O. The molecule has 0 aromatic carbocycles. The molecule has 21 heavy (non-hydrogen) atoms. The molecule has 0 bridgehead atoms. The van der Waals surface area contributed by atoms with Crippen molar-refractivity contribution in [2.75, 3.05) is 0 Å². The number of hydrogen-bond acceptors (Lipinski definition) is 4. The van der Waals surface area contributed by atoms with Crippen LogP contribution >= 0.6 is 11.3 Å². The fraction of sp³-hybridized carbons (Fsp3) is 0.667. The average molecular weight is 307 g/mol. The van der Waals surface area contributed by atoms with Crippen LogP contribution in [0, 0.1) is 5.92 Å². The highest BCUT2D eigenvalue weighted by Gasteiger charge is 2.59. The monoisotopic (exact) mass is 307 g/mol. The summed E-state index contributed by atoms with van der Waals surface area (Å²) in [5.74, 6) is 0.279. The molecule has 2 heterocycles. The van der Waals surface area contributed by atoms with Gasteiger partial charge in [-0.15, -0.1) is 11.3 Å². The number of rotatable bonds is 4. The van der Waals surface area contributed by atoms with Crippen LogP contribution in [0.4, 0.5) is 0 Å². The highest BCUT2D eigenvalue weighted by Crippen LogP contribution is 2.46. The first-order valence-corrected chi connectivity index (χ1v) is 8.32. The first-order chi connectivity index (χ1) is 9.91. The maximum atomic E-state index is 13.0. The summed E-state index contributed by atoms with van der Waals surface area (Å²) in [5.41, 5.74) is 0.239. The number of thiazole rings is 1. The van der Waals surface area contributed by atoms with Crippen molar-refractivity contribution < 1.29 is 9.59 Å². The number of aromatic nitrogens is 1. The van der Waals surface area contributed by atoms with Gasteiger partial charge in [0.05, 0.1) is 12.1 Å². The summed E-state index contributed by atoms with van der Waals surface area (Å²) in [5, 5.41) is 2.97. The summed E-state index contributed by atoms with van der Waals surface area (Å²) in [4.78, 5) is 32.6. The van der Waals surface area contributed by atoms with Crippen LogP contribution in [0.2, 0.25) is 0 Å². The summed E-state index contributed by atoms with van der Waals surface area (Å²) in [6.45, 7) is 6.13. The third-order valence-corrected chi connectivity index (χ3v) is 5.77. The van der Waals surface area contributed by atoms with E-state index in [4.69, 9.17) is 0 Å². The van der Waals surface area contributed by atoms with Gasteiger partial charge < -0.3 is 10.2 Å². The maximum absolute atomic E-state index is 13.0. The van der Waals surface area contributed by atoms with Crippen LogP contribution in [-0.2, 0) is 16.1 Å². The van der Waals surface area contributed by atoms with Crippen molar-refractivity contribution in [3.8, 4) is 0 Å². The zero-order valence-electron chi connectivity index (χ0n) is 12.7. The second-order valence-electron chi connectivity index (χ2n) is 6.42. The molecule has 2 fully saturated rings. The van der Waals surface area contributed by atoms with E-state index in [1.54, 1.807) is 16.6 Å². The largest absolute Gasteiger partial charge is 0.340 e. The molecule has 1 saturated heterocycles. The number of carbonyl (C=O) groups is 2. The molecule has 2 amide bonds. The zero-order chi connectivity index (χ0) is 15.3. The molecule has 2 atom stereocenters. The molecule has 1 saturated carbocycles. The first kappa shape index (κ1) is 14.5. The normalized spacial score (nSPS) is 33.2. The third kappa shape index (κ3) is 2.16. The lowest BCUT2D eigenvalue weighted by Crippen LogP contribution is -2.74. The van der Waals surface area contributed by atoms with Crippen LogP contribution in [-0.4, -0.2) is 32.8 Å². The highest BCUT2D eigenvalue weighted by molar-refractivity contribution is 7.09. The predicted molar refractivity (Wildman–Crippen MR) is 80.6 cm³/mol. The summed E-state index contributed by atoms with van der Waals surface area (Å²) < 4.78 is 0. The maximum Gasteiger partial charge on any atom is 0.249 e. The van der Waals surface area contributed by atoms with Gasteiger partial charge in [0.2, 0.25) is 11.8 Å². The van der Waals surface area contributed by atoms with E-state index in [0.717, 1.165) is 17.7 Å². The van der Waals surface area contributed by atoms with Crippen molar-refractivity contribution in [1.29, 1.82) is 0 Å². The van der Waals surface area contributed by atoms with Gasteiger partial charge >= 0.3 is 0 Å². The number of nitrogens with one attached hydrogen (secondary N) is 1. The first-order valence-electron chi connectivity index (χ1n) is 7.44. The lowest BCUT2D eigenvalue weighted by atomic mass is 9.82. The molecule has 1 aromatic rings. The Balaban J connectivity index is 1.99. The van der Waals surface area contributed by atoms with E-state index in [1.165, 1.54) is 11.3 Å². The molecule has 2 aliphatic rings. The molecule has 114 valence electrons. The molecule has 0 radical (unpaired) electrons. The molecule has 0 spiro atoms. The number of nitrogens with zero attached hydrogens (tertiary/aromatic N) is 2. The lowest BCUT2D eigenvalue weighted by molar-refractivity contribution is -0.164. The fourth-order valence-corrected chi connectivity index (χ4v) is 3.65. The number of piperazine rings is 1. The summed E-state index contributed by atoms with van der Waals surface area (Å²) in [7, 11) is 0. The van der Waals surface area contributed by atoms with Crippen molar-refractivity contribution in [3.05, 3.63) is 16.6 Å². The molecule has 1 aliphatic carbocycles. The van der Waals surface area contributed by atoms with Gasteiger partial charge in [0, 0.05) is 11.1 Å². The van der Waals surface area contributed by atoms with E-state index in [9.17, 15) is 9.59 Å². The minimum atomic E-state index is -0.795. The molecule has 6 heteroatoms. The Bertz CT molecular complexity index is 569. The van der Waals surface area contributed by atoms with Gasteiger partial charge in [-0.3, -0.25) is 14.6 Å².